The Morgan fingerprint density at radius 2 is 2.20 bits per heavy atom. The van der Waals surface area contributed by atoms with Gasteiger partial charge in [-0.15, -0.1) is 0 Å². The summed E-state index contributed by atoms with van der Waals surface area (Å²) in [6.07, 6.45) is 6.70. The zero-order valence-corrected chi connectivity index (χ0v) is 12.2. The van der Waals surface area contributed by atoms with E-state index < -0.39 is 0 Å². The first-order valence-corrected chi connectivity index (χ1v) is 8.22. The fourth-order valence-corrected chi connectivity index (χ4v) is 3.73. The Morgan fingerprint density at radius 1 is 1.25 bits per heavy atom. The molecular weight excluding hydrogens is 246 g/mol. The number of nitrogens with zero attached hydrogens (tertiary/aromatic N) is 1. The Hall–Kier alpha value is -1.06. The average molecular weight is 271 g/mol. The SMILES string of the molecule is c1cc(CNC2CCN(C3CC3)C2)c2c(c1)NCCC2. The first-order chi connectivity index (χ1) is 9.90. The molecule has 2 heterocycles. The Bertz CT molecular complexity index is 481. The minimum atomic E-state index is 0.697. The van der Waals surface area contributed by atoms with Crippen LogP contribution in [0.25, 0.3) is 0 Å². The normalized spacial score (nSPS) is 26.3. The maximum absolute atomic E-state index is 3.79. The highest BCUT2D eigenvalue weighted by molar-refractivity contribution is 5.56. The second-order valence-electron chi connectivity index (χ2n) is 6.57. The molecule has 2 aliphatic heterocycles. The van der Waals surface area contributed by atoms with Gasteiger partial charge in [0, 0.05) is 44.0 Å². The summed E-state index contributed by atoms with van der Waals surface area (Å²) < 4.78 is 0. The third-order valence-electron chi connectivity index (χ3n) is 5.06. The smallest absolute Gasteiger partial charge is 0.0375 e. The van der Waals surface area contributed by atoms with Gasteiger partial charge in [0.05, 0.1) is 0 Å². The Kier molecular flexibility index (Phi) is 3.41. The number of likely N-dealkylation sites (tertiary alicyclic amines) is 1. The number of rotatable bonds is 4. The van der Waals surface area contributed by atoms with E-state index in [2.05, 4.69) is 33.7 Å². The van der Waals surface area contributed by atoms with Crippen LogP contribution in [0.5, 0.6) is 0 Å². The molecule has 1 atom stereocenters. The van der Waals surface area contributed by atoms with Crippen LogP contribution in [0, 0.1) is 0 Å². The number of nitrogens with one attached hydrogen (secondary N) is 2. The van der Waals surface area contributed by atoms with Crippen LogP contribution in [0.1, 0.15) is 36.8 Å². The van der Waals surface area contributed by atoms with Crippen molar-refractivity contribution in [1.82, 2.24) is 10.2 Å². The highest BCUT2D eigenvalue weighted by atomic mass is 15.2. The van der Waals surface area contributed by atoms with Crippen molar-refractivity contribution >= 4 is 5.69 Å². The molecular formula is C17H25N3. The topological polar surface area (TPSA) is 27.3 Å². The summed E-state index contributed by atoms with van der Waals surface area (Å²) in [6, 6.07) is 8.34. The number of hydrogen-bond donors (Lipinski definition) is 2. The number of hydrogen-bond acceptors (Lipinski definition) is 3. The predicted octanol–water partition coefficient (Wildman–Crippen LogP) is 2.37. The average Bonchev–Trinajstić information content (AvgIpc) is 3.24. The largest absolute Gasteiger partial charge is 0.385 e. The van der Waals surface area contributed by atoms with E-state index in [1.165, 1.54) is 56.4 Å². The molecule has 0 radical (unpaired) electrons. The minimum Gasteiger partial charge on any atom is -0.385 e. The highest BCUT2D eigenvalue weighted by Crippen LogP contribution is 2.30. The van der Waals surface area contributed by atoms with Gasteiger partial charge in [-0.25, -0.2) is 0 Å². The van der Waals surface area contributed by atoms with E-state index in [4.69, 9.17) is 0 Å². The van der Waals surface area contributed by atoms with Gasteiger partial charge in [0.15, 0.2) is 0 Å². The molecule has 1 unspecified atom stereocenters. The van der Waals surface area contributed by atoms with E-state index in [0.717, 1.165) is 19.1 Å². The van der Waals surface area contributed by atoms with Crippen molar-refractivity contribution in [1.29, 1.82) is 0 Å². The van der Waals surface area contributed by atoms with Gasteiger partial charge in [-0.1, -0.05) is 12.1 Å². The van der Waals surface area contributed by atoms with E-state index >= 15 is 0 Å². The molecule has 2 fully saturated rings. The third-order valence-corrected chi connectivity index (χ3v) is 5.06. The molecule has 0 amide bonds. The highest BCUT2D eigenvalue weighted by Gasteiger charge is 2.34. The lowest BCUT2D eigenvalue weighted by atomic mass is 9.97. The fourth-order valence-electron chi connectivity index (χ4n) is 3.73. The van der Waals surface area contributed by atoms with Crippen molar-refractivity contribution in [2.75, 3.05) is 25.0 Å². The number of fused-ring (bicyclic) bond motifs is 1. The van der Waals surface area contributed by atoms with Crippen LogP contribution in [0.15, 0.2) is 18.2 Å². The zero-order chi connectivity index (χ0) is 13.4. The zero-order valence-electron chi connectivity index (χ0n) is 12.2. The first kappa shape index (κ1) is 12.7. The maximum atomic E-state index is 3.79. The monoisotopic (exact) mass is 271 g/mol. The van der Waals surface area contributed by atoms with Gasteiger partial charge in [-0.05, 0) is 49.3 Å². The Labute approximate surface area is 121 Å². The molecule has 0 spiro atoms. The minimum absolute atomic E-state index is 0.697. The van der Waals surface area contributed by atoms with Gasteiger partial charge in [0.1, 0.15) is 0 Å². The summed E-state index contributed by atoms with van der Waals surface area (Å²) in [6.45, 7) is 4.73. The van der Waals surface area contributed by atoms with Crippen LogP contribution in [-0.2, 0) is 13.0 Å². The maximum Gasteiger partial charge on any atom is 0.0375 e. The van der Waals surface area contributed by atoms with E-state index in [-0.39, 0.29) is 0 Å². The summed E-state index contributed by atoms with van der Waals surface area (Å²) in [5.74, 6) is 0. The van der Waals surface area contributed by atoms with Gasteiger partial charge in [0.2, 0.25) is 0 Å². The summed E-state index contributed by atoms with van der Waals surface area (Å²) in [5, 5.41) is 7.32. The van der Waals surface area contributed by atoms with E-state index in [1.807, 2.05) is 0 Å². The van der Waals surface area contributed by atoms with Crippen LogP contribution in [0.2, 0.25) is 0 Å². The van der Waals surface area contributed by atoms with Gasteiger partial charge in [0.25, 0.3) is 0 Å². The fraction of sp³-hybridized carbons (Fsp3) is 0.647. The Balaban J connectivity index is 1.37. The number of anilines is 1. The number of benzene rings is 1. The molecule has 1 aliphatic carbocycles. The molecule has 3 nitrogen and oxygen atoms in total. The predicted molar refractivity (Wildman–Crippen MR) is 83.1 cm³/mol. The van der Waals surface area contributed by atoms with Crippen LogP contribution < -0.4 is 10.6 Å². The lowest BCUT2D eigenvalue weighted by molar-refractivity contribution is 0.317. The standard InChI is InChI=1S/C17H25N3/c1-3-13(16-4-2-9-18-17(16)5-1)11-19-14-8-10-20(12-14)15-6-7-15/h1,3,5,14-15,18-19H,2,4,6-12H2. The van der Waals surface area contributed by atoms with Crippen molar-refractivity contribution in [2.24, 2.45) is 0 Å². The Morgan fingerprint density at radius 3 is 3.10 bits per heavy atom. The molecule has 3 heteroatoms. The molecule has 20 heavy (non-hydrogen) atoms. The second kappa shape index (κ2) is 5.38. The van der Waals surface area contributed by atoms with Crippen LogP contribution in [0.3, 0.4) is 0 Å². The molecule has 1 aromatic rings. The van der Waals surface area contributed by atoms with Gasteiger partial charge < -0.3 is 10.6 Å². The van der Waals surface area contributed by atoms with Crippen LogP contribution in [-0.4, -0.2) is 36.6 Å². The second-order valence-corrected chi connectivity index (χ2v) is 6.57. The van der Waals surface area contributed by atoms with Crippen molar-refractivity contribution in [3.05, 3.63) is 29.3 Å². The lowest BCUT2D eigenvalue weighted by Gasteiger charge is -2.22. The van der Waals surface area contributed by atoms with Crippen molar-refractivity contribution in [2.45, 2.75) is 50.7 Å². The summed E-state index contributed by atoms with van der Waals surface area (Å²) in [5.41, 5.74) is 4.41. The lowest BCUT2D eigenvalue weighted by Crippen LogP contribution is -2.33. The molecule has 0 bridgehead atoms. The van der Waals surface area contributed by atoms with E-state index in [9.17, 15) is 0 Å². The van der Waals surface area contributed by atoms with E-state index in [1.54, 1.807) is 5.56 Å². The summed E-state index contributed by atoms with van der Waals surface area (Å²) in [4.78, 5) is 2.68. The molecule has 1 saturated carbocycles. The molecule has 4 rings (SSSR count). The quantitative estimate of drug-likeness (QED) is 0.880. The molecule has 2 N–H and O–H groups in total. The molecule has 108 valence electrons. The van der Waals surface area contributed by atoms with Crippen molar-refractivity contribution < 1.29 is 0 Å². The van der Waals surface area contributed by atoms with Gasteiger partial charge >= 0.3 is 0 Å². The van der Waals surface area contributed by atoms with Crippen molar-refractivity contribution in [3.8, 4) is 0 Å². The molecule has 1 aromatic carbocycles. The van der Waals surface area contributed by atoms with Gasteiger partial charge in [-0.3, -0.25) is 4.90 Å². The molecule has 0 aromatic heterocycles. The third kappa shape index (κ3) is 2.57. The van der Waals surface area contributed by atoms with Crippen LogP contribution in [0.4, 0.5) is 5.69 Å². The molecule has 3 aliphatic rings. The summed E-state index contributed by atoms with van der Waals surface area (Å²) in [7, 11) is 0. The molecule has 1 saturated heterocycles. The summed E-state index contributed by atoms with van der Waals surface area (Å²) >= 11 is 0. The van der Waals surface area contributed by atoms with Crippen LogP contribution >= 0.6 is 0 Å². The van der Waals surface area contributed by atoms with E-state index in [0.29, 0.717) is 6.04 Å². The van der Waals surface area contributed by atoms with Crippen molar-refractivity contribution in [3.63, 3.8) is 0 Å². The van der Waals surface area contributed by atoms with Gasteiger partial charge in [-0.2, -0.15) is 0 Å². The first-order valence-electron chi connectivity index (χ1n) is 8.22.